The highest BCUT2D eigenvalue weighted by atomic mass is 35.5. The molecule has 0 radical (unpaired) electrons. The van der Waals surface area contributed by atoms with Crippen molar-refractivity contribution >= 4 is 44.8 Å². The van der Waals surface area contributed by atoms with Gasteiger partial charge in [0, 0.05) is 11.7 Å². The first-order chi connectivity index (χ1) is 14.7. The van der Waals surface area contributed by atoms with Crippen LogP contribution in [0.15, 0.2) is 77.7 Å². The monoisotopic (exact) mass is 478 g/mol. The molecule has 162 valence electrons. The van der Waals surface area contributed by atoms with Gasteiger partial charge in [0.1, 0.15) is 5.75 Å². The molecule has 0 heterocycles. The fourth-order valence-corrected chi connectivity index (χ4v) is 4.28. The van der Waals surface area contributed by atoms with Crippen LogP contribution in [0.1, 0.15) is 18.5 Å². The highest BCUT2D eigenvalue weighted by Gasteiger charge is 2.18. The van der Waals surface area contributed by atoms with Crippen LogP contribution in [0.25, 0.3) is 0 Å². The zero-order valence-electron chi connectivity index (χ0n) is 16.5. The second-order valence-electron chi connectivity index (χ2n) is 6.69. The van der Waals surface area contributed by atoms with Crippen molar-refractivity contribution in [3.05, 3.63) is 88.4 Å². The van der Waals surface area contributed by atoms with Crippen molar-refractivity contribution in [3.63, 3.8) is 0 Å². The molecule has 0 bridgehead atoms. The molecule has 1 atom stereocenters. The Morgan fingerprint density at radius 2 is 1.65 bits per heavy atom. The van der Waals surface area contributed by atoms with Gasteiger partial charge in [0.05, 0.1) is 14.9 Å². The molecule has 0 saturated heterocycles. The Morgan fingerprint density at radius 3 is 2.29 bits per heavy atom. The van der Waals surface area contributed by atoms with Gasteiger partial charge in [-0.25, -0.2) is 13.1 Å². The van der Waals surface area contributed by atoms with Crippen molar-refractivity contribution in [1.29, 1.82) is 0 Å². The maximum atomic E-state index is 12.6. The van der Waals surface area contributed by atoms with E-state index in [4.69, 9.17) is 27.9 Å². The van der Waals surface area contributed by atoms with Gasteiger partial charge in [-0.1, -0.05) is 53.5 Å². The Labute approximate surface area is 191 Å². The normalized spacial score (nSPS) is 12.2. The summed E-state index contributed by atoms with van der Waals surface area (Å²) in [5, 5.41) is 3.35. The lowest BCUT2D eigenvalue weighted by Crippen LogP contribution is -2.26. The van der Waals surface area contributed by atoms with Crippen molar-refractivity contribution in [3.8, 4) is 5.75 Å². The second-order valence-corrected chi connectivity index (χ2v) is 9.22. The molecule has 0 aromatic heterocycles. The molecule has 3 rings (SSSR count). The predicted octanol–water partition coefficient (Wildman–Crippen LogP) is 5.05. The fraction of sp³-hybridized carbons (Fsp3) is 0.136. The smallest absolute Gasteiger partial charge is 0.262 e. The van der Waals surface area contributed by atoms with Crippen molar-refractivity contribution in [2.75, 3.05) is 11.9 Å². The third kappa shape index (κ3) is 6.45. The van der Waals surface area contributed by atoms with Crippen molar-refractivity contribution in [1.82, 2.24) is 4.72 Å². The Kier molecular flexibility index (Phi) is 7.56. The van der Waals surface area contributed by atoms with Crippen LogP contribution in [-0.4, -0.2) is 20.9 Å². The number of carbonyl (C=O) groups excluding carboxylic acids is 1. The summed E-state index contributed by atoms with van der Waals surface area (Å²) < 4.78 is 33.3. The third-order valence-electron chi connectivity index (χ3n) is 4.34. The van der Waals surface area contributed by atoms with Gasteiger partial charge in [0.15, 0.2) is 6.61 Å². The Balaban J connectivity index is 1.56. The van der Waals surface area contributed by atoms with E-state index in [1.165, 1.54) is 30.3 Å². The van der Waals surface area contributed by atoms with Crippen LogP contribution in [-0.2, 0) is 14.8 Å². The molecule has 0 aliphatic rings. The van der Waals surface area contributed by atoms with Crippen LogP contribution < -0.4 is 14.8 Å². The number of halogens is 2. The second kappa shape index (κ2) is 10.2. The van der Waals surface area contributed by atoms with E-state index in [1.807, 2.05) is 30.3 Å². The molecule has 3 aromatic rings. The average Bonchev–Trinajstić information content (AvgIpc) is 2.75. The molecule has 6 nitrogen and oxygen atoms in total. The summed E-state index contributed by atoms with van der Waals surface area (Å²) >= 11 is 11.8. The van der Waals surface area contributed by atoms with E-state index in [0.717, 1.165) is 5.56 Å². The average molecular weight is 479 g/mol. The highest BCUT2D eigenvalue weighted by molar-refractivity contribution is 7.89. The number of hydrogen-bond acceptors (Lipinski definition) is 4. The molecule has 9 heteroatoms. The lowest BCUT2D eigenvalue weighted by molar-refractivity contribution is -0.118. The molecule has 31 heavy (non-hydrogen) atoms. The van der Waals surface area contributed by atoms with Crippen molar-refractivity contribution in [2.45, 2.75) is 17.9 Å². The van der Waals surface area contributed by atoms with Crippen molar-refractivity contribution in [2.24, 2.45) is 0 Å². The van der Waals surface area contributed by atoms with Gasteiger partial charge in [-0.3, -0.25) is 4.79 Å². The van der Waals surface area contributed by atoms with Gasteiger partial charge in [0.25, 0.3) is 5.91 Å². The molecule has 1 amide bonds. The standard InChI is InChI=1S/C22H20Cl2N2O4S/c1-15(16-5-3-2-4-6-16)26-31(28,29)19-10-8-18(9-11-19)30-14-22(27)25-17-7-12-20(23)21(24)13-17/h2-13,15,26H,14H2,1H3,(H,25,27)/t15-/m1/s1. The molecule has 0 fully saturated rings. The van der Waals surface area contributed by atoms with Gasteiger partial charge in [0.2, 0.25) is 10.0 Å². The van der Waals surface area contributed by atoms with Crippen LogP contribution in [0.2, 0.25) is 10.0 Å². The fourth-order valence-electron chi connectivity index (χ4n) is 2.75. The zero-order chi connectivity index (χ0) is 22.4. The van der Waals surface area contributed by atoms with Crippen molar-refractivity contribution < 1.29 is 17.9 Å². The maximum absolute atomic E-state index is 12.6. The molecule has 0 spiro atoms. The maximum Gasteiger partial charge on any atom is 0.262 e. The summed E-state index contributed by atoms with van der Waals surface area (Å²) in [5.41, 5.74) is 1.35. The van der Waals surface area contributed by atoms with Crippen LogP contribution in [0, 0.1) is 0 Å². The van der Waals surface area contributed by atoms with Gasteiger partial charge in [-0.15, -0.1) is 0 Å². The summed E-state index contributed by atoms with van der Waals surface area (Å²) in [6, 6.07) is 19.5. The molecule has 3 aromatic carbocycles. The number of carbonyl (C=O) groups is 1. The minimum atomic E-state index is -3.71. The van der Waals surface area contributed by atoms with Gasteiger partial charge in [-0.2, -0.15) is 0 Å². The summed E-state index contributed by atoms with van der Waals surface area (Å²) in [4.78, 5) is 12.1. The minimum Gasteiger partial charge on any atom is -0.484 e. The Hall–Kier alpha value is -2.58. The molecular formula is C22H20Cl2N2O4S. The number of ether oxygens (including phenoxy) is 1. The lowest BCUT2D eigenvalue weighted by atomic mass is 10.1. The van der Waals surface area contributed by atoms with Crippen LogP contribution in [0.3, 0.4) is 0 Å². The van der Waals surface area contributed by atoms with Gasteiger partial charge in [-0.05, 0) is 55.0 Å². The van der Waals surface area contributed by atoms with Crippen LogP contribution in [0.5, 0.6) is 5.75 Å². The quantitative estimate of drug-likeness (QED) is 0.474. The van der Waals surface area contributed by atoms with E-state index >= 15 is 0 Å². The lowest BCUT2D eigenvalue weighted by Gasteiger charge is -2.15. The largest absolute Gasteiger partial charge is 0.484 e. The first kappa shape index (κ1) is 23.1. The highest BCUT2D eigenvalue weighted by Crippen LogP contribution is 2.25. The minimum absolute atomic E-state index is 0.0999. The number of hydrogen-bond donors (Lipinski definition) is 2. The van der Waals surface area contributed by atoms with Crippen LogP contribution >= 0.6 is 23.2 Å². The van der Waals surface area contributed by atoms with E-state index in [0.29, 0.717) is 21.5 Å². The third-order valence-corrected chi connectivity index (χ3v) is 6.63. The zero-order valence-corrected chi connectivity index (χ0v) is 18.8. The summed E-state index contributed by atoms with van der Waals surface area (Å²) in [7, 11) is -3.71. The summed E-state index contributed by atoms with van der Waals surface area (Å²) in [6.45, 7) is 1.52. The summed E-state index contributed by atoms with van der Waals surface area (Å²) in [5.74, 6) is -0.0345. The Morgan fingerprint density at radius 1 is 0.968 bits per heavy atom. The van der Waals surface area contributed by atoms with E-state index in [1.54, 1.807) is 19.1 Å². The van der Waals surface area contributed by atoms with E-state index in [9.17, 15) is 13.2 Å². The van der Waals surface area contributed by atoms with E-state index < -0.39 is 15.9 Å². The molecule has 2 N–H and O–H groups in total. The van der Waals surface area contributed by atoms with E-state index in [2.05, 4.69) is 10.0 Å². The topological polar surface area (TPSA) is 84.5 Å². The number of rotatable bonds is 8. The molecule has 0 unspecified atom stereocenters. The Bertz CT molecular complexity index is 1150. The van der Waals surface area contributed by atoms with Crippen LogP contribution in [0.4, 0.5) is 5.69 Å². The molecule has 0 aliphatic heterocycles. The predicted molar refractivity (Wildman–Crippen MR) is 122 cm³/mol. The molecule has 0 saturated carbocycles. The first-order valence-electron chi connectivity index (χ1n) is 9.29. The number of benzene rings is 3. The first-order valence-corrected chi connectivity index (χ1v) is 11.5. The molecular weight excluding hydrogens is 459 g/mol. The molecule has 0 aliphatic carbocycles. The SMILES string of the molecule is C[C@@H](NS(=O)(=O)c1ccc(OCC(=O)Nc2ccc(Cl)c(Cl)c2)cc1)c1ccccc1. The number of nitrogens with one attached hydrogen (secondary N) is 2. The summed E-state index contributed by atoms with van der Waals surface area (Å²) in [6.07, 6.45) is 0. The van der Waals surface area contributed by atoms with Gasteiger partial charge >= 0.3 is 0 Å². The van der Waals surface area contributed by atoms with E-state index in [-0.39, 0.29) is 17.5 Å². The number of anilines is 1. The van der Waals surface area contributed by atoms with Gasteiger partial charge < -0.3 is 10.1 Å². The number of amides is 1. The number of sulfonamides is 1.